The number of nitrogens with one attached hydrogen (secondary N) is 1. The highest BCUT2D eigenvalue weighted by Crippen LogP contribution is 2.15. The Morgan fingerprint density at radius 2 is 0.863 bits per heavy atom. The van der Waals surface area contributed by atoms with E-state index in [2.05, 4.69) is 79.9 Å². The number of carbonyl (C=O) groups excluding carboxylic acids is 1. The molecule has 0 aromatic heterocycles. The van der Waals surface area contributed by atoms with Gasteiger partial charge in [0.25, 0.3) is 0 Å². The summed E-state index contributed by atoms with van der Waals surface area (Å²) in [6.45, 7) is 4.14. The maximum atomic E-state index is 12.3. The monoisotopic (exact) mass is 710 g/mol. The van der Waals surface area contributed by atoms with E-state index in [1.807, 2.05) is 6.08 Å². The molecule has 294 valence electrons. The van der Waals surface area contributed by atoms with Crippen LogP contribution in [0.25, 0.3) is 0 Å². The van der Waals surface area contributed by atoms with E-state index < -0.39 is 12.1 Å². The molecular weight excluding hydrogens is 627 g/mol. The second-order valence-electron chi connectivity index (χ2n) is 14.4. The Hall–Kier alpha value is -2.17. The van der Waals surface area contributed by atoms with Gasteiger partial charge in [0.15, 0.2) is 0 Å². The molecule has 0 rings (SSSR count). The number of unbranched alkanes of at least 4 members (excludes halogenated alkanes) is 21. The van der Waals surface area contributed by atoms with E-state index in [0.717, 1.165) is 57.8 Å². The van der Waals surface area contributed by atoms with Crippen molar-refractivity contribution in [3.63, 3.8) is 0 Å². The van der Waals surface area contributed by atoms with Crippen LogP contribution >= 0.6 is 0 Å². The molecular formula is C47H83NO3. The summed E-state index contributed by atoms with van der Waals surface area (Å²) in [5.74, 6) is -0.0706. The van der Waals surface area contributed by atoms with Crippen LogP contribution < -0.4 is 5.32 Å². The summed E-state index contributed by atoms with van der Waals surface area (Å²) in [6, 6.07) is -0.621. The van der Waals surface area contributed by atoms with Gasteiger partial charge in [0.2, 0.25) is 5.91 Å². The van der Waals surface area contributed by atoms with Crippen molar-refractivity contribution < 1.29 is 15.0 Å². The first kappa shape index (κ1) is 48.8. The summed E-state index contributed by atoms with van der Waals surface area (Å²) in [7, 11) is 0. The number of carbonyl (C=O) groups is 1. The van der Waals surface area contributed by atoms with Crippen LogP contribution in [0.15, 0.2) is 72.9 Å². The fraction of sp³-hybridized carbons (Fsp3) is 0.723. The molecule has 2 unspecified atom stereocenters. The lowest BCUT2D eigenvalue weighted by atomic mass is 10.0. The van der Waals surface area contributed by atoms with Crippen LogP contribution in [0.1, 0.15) is 200 Å². The molecule has 0 saturated carbocycles. The Labute approximate surface area is 317 Å². The zero-order valence-corrected chi connectivity index (χ0v) is 33.6. The van der Waals surface area contributed by atoms with Crippen molar-refractivity contribution in [2.45, 2.75) is 212 Å². The number of aliphatic hydroxyl groups excluding tert-OH is 2. The maximum absolute atomic E-state index is 12.3. The molecule has 0 aliphatic heterocycles. The third kappa shape index (κ3) is 38.9. The molecule has 3 N–H and O–H groups in total. The topological polar surface area (TPSA) is 69.6 Å². The standard InChI is InChI=1S/C47H83NO3/c1-3-5-7-9-11-13-14-15-16-17-18-19-20-21-22-23-24-25-26-27-28-29-30-31-32-33-34-35-37-39-41-43-47(51)48-45(44-49)46(50)42-40-38-36-12-10-8-6-4-2/h5,7,11,13,15-16,18-19,21-22,40,42,45-46,49-50H,3-4,6,8-10,12,14,17,20,23-39,41,43-44H2,1-2H3,(H,48,51)/b7-5-,13-11-,16-15-,19-18-,22-21-,42-40+. The molecule has 4 heteroatoms. The molecule has 0 heterocycles. The molecule has 1 amide bonds. The molecule has 51 heavy (non-hydrogen) atoms. The minimum atomic E-state index is -0.838. The summed E-state index contributed by atoms with van der Waals surface area (Å²) < 4.78 is 0. The quantitative estimate of drug-likeness (QED) is 0.0441. The molecule has 0 saturated heterocycles. The summed E-state index contributed by atoms with van der Waals surface area (Å²) in [5.41, 5.74) is 0. The van der Waals surface area contributed by atoms with Crippen molar-refractivity contribution in [3.05, 3.63) is 72.9 Å². The Morgan fingerprint density at radius 1 is 0.490 bits per heavy atom. The molecule has 0 aromatic carbocycles. The van der Waals surface area contributed by atoms with Crippen molar-refractivity contribution in [2.75, 3.05) is 6.61 Å². The van der Waals surface area contributed by atoms with Crippen LogP contribution in [0.3, 0.4) is 0 Å². The van der Waals surface area contributed by atoms with Crippen LogP contribution in [-0.4, -0.2) is 34.9 Å². The van der Waals surface area contributed by atoms with E-state index in [1.165, 1.54) is 122 Å². The van der Waals surface area contributed by atoms with Crippen molar-refractivity contribution >= 4 is 5.91 Å². The molecule has 2 atom stereocenters. The number of amides is 1. The third-order valence-corrected chi connectivity index (χ3v) is 9.45. The molecule has 4 nitrogen and oxygen atoms in total. The predicted octanol–water partition coefficient (Wildman–Crippen LogP) is 13.5. The number of rotatable bonds is 38. The summed E-state index contributed by atoms with van der Waals surface area (Å²) in [4.78, 5) is 12.3. The van der Waals surface area contributed by atoms with Gasteiger partial charge in [0, 0.05) is 6.42 Å². The van der Waals surface area contributed by atoms with Crippen LogP contribution in [-0.2, 0) is 4.79 Å². The second kappa shape index (κ2) is 42.2. The van der Waals surface area contributed by atoms with E-state index in [0.29, 0.717) is 6.42 Å². The highest BCUT2D eigenvalue weighted by Gasteiger charge is 2.17. The fourth-order valence-electron chi connectivity index (χ4n) is 6.14. The highest BCUT2D eigenvalue weighted by molar-refractivity contribution is 5.76. The minimum absolute atomic E-state index is 0.0706. The third-order valence-electron chi connectivity index (χ3n) is 9.45. The van der Waals surface area contributed by atoms with Crippen LogP contribution in [0, 0.1) is 0 Å². The van der Waals surface area contributed by atoms with Gasteiger partial charge in [0.1, 0.15) is 0 Å². The van der Waals surface area contributed by atoms with Gasteiger partial charge in [-0.2, -0.15) is 0 Å². The van der Waals surface area contributed by atoms with Gasteiger partial charge in [-0.05, 0) is 64.2 Å². The van der Waals surface area contributed by atoms with Crippen LogP contribution in [0.5, 0.6) is 0 Å². The molecule has 0 radical (unpaired) electrons. The minimum Gasteiger partial charge on any atom is -0.394 e. The van der Waals surface area contributed by atoms with Gasteiger partial charge in [-0.25, -0.2) is 0 Å². The SMILES string of the molecule is CC/C=C\C/C=C\C/C=C\C/C=C\C/C=C\CCCCCCCCCCCCCCCCCC(=O)NC(CO)C(O)/C=C/CCCCCCCC. The molecule has 0 fully saturated rings. The van der Waals surface area contributed by atoms with Crippen molar-refractivity contribution in [3.8, 4) is 0 Å². The van der Waals surface area contributed by atoms with Gasteiger partial charge in [-0.1, -0.05) is 202 Å². The number of aliphatic hydroxyl groups is 2. The molecule has 0 bridgehead atoms. The van der Waals surface area contributed by atoms with E-state index >= 15 is 0 Å². The summed E-state index contributed by atoms with van der Waals surface area (Å²) >= 11 is 0. The number of hydrogen-bond donors (Lipinski definition) is 3. The zero-order chi connectivity index (χ0) is 37.1. The van der Waals surface area contributed by atoms with Gasteiger partial charge in [-0.3, -0.25) is 4.79 Å². The Kier molecular flexibility index (Phi) is 40.4. The smallest absolute Gasteiger partial charge is 0.220 e. The van der Waals surface area contributed by atoms with E-state index in [9.17, 15) is 15.0 Å². The highest BCUT2D eigenvalue weighted by atomic mass is 16.3. The van der Waals surface area contributed by atoms with Crippen LogP contribution in [0.4, 0.5) is 0 Å². The normalized spacial score (nSPS) is 13.7. The van der Waals surface area contributed by atoms with E-state index in [4.69, 9.17) is 0 Å². The number of allylic oxidation sites excluding steroid dienone is 11. The van der Waals surface area contributed by atoms with Crippen molar-refractivity contribution in [1.82, 2.24) is 5.32 Å². The lowest BCUT2D eigenvalue weighted by molar-refractivity contribution is -0.123. The van der Waals surface area contributed by atoms with Crippen molar-refractivity contribution in [1.29, 1.82) is 0 Å². The van der Waals surface area contributed by atoms with Gasteiger partial charge < -0.3 is 15.5 Å². The first-order chi connectivity index (χ1) is 25.2. The summed E-state index contributed by atoms with van der Waals surface area (Å²) in [5, 5.41) is 22.8. The fourth-order valence-corrected chi connectivity index (χ4v) is 6.14. The number of hydrogen-bond acceptors (Lipinski definition) is 3. The molecule has 0 spiro atoms. The largest absolute Gasteiger partial charge is 0.394 e. The molecule has 0 aromatic rings. The lowest BCUT2D eigenvalue weighted by Crippen LogP contribution is -2.45. The first-order valence-corrected chi connectivity index (χ1v) is 21.7. The second-order valence-corrected chi connectivity index (χ2v) is 14.4. The van der Waals surface area contributed by atoms with E-state index in [-0.39, 0.29) is 12.5 Å². The average molecular weight is 710 g/mol. The predicted molar refractivity (Wildman–Crippen MR) is 225 cm³/mol. The first-order valence-electron chi connectivity index (χ1n) is 21.7. The van der Waals surface area contributed by atoms with E-state index in [1.54, 1.807) is 6.08 Å². The molecule has 0 aliphatic rings. The van der Waals surface area contributed by atoms with Crippen molar-refractivity contribution in [2.24, 2.45) is 0 Å². The maximum Gasteiger partial charge on any atom is 0.220 e. The Balaban J connectivity index is 3.49. The lowest BCUT2D eigenvalue weighted by Gasteiger charge is -2.20. The zero-order valence-electron chi connectivity index (χ0n) is 33.6. The van der Waals surface area contributed by atoms with Gasteiger partial charge >= 0.3 is 0 Å². The summed E-state index contributed by atoms with van der Waals surface area (Å²) in [6.07, 6.45) is 60.3. The van der Waals surface area contributed by atoms with Crippen LogP contribution in [0.2, 0.25) is 0 Å². The Morgan fingerprint density at radius 3 is 1.29 bits per heavy atom. The molecule has 0 aliphatic carbocycles. The Bertz CT molecular complexity index is 899. The van der Waals surface area contributed by atoms with Gasteiger partial charge in [-0.15, -0.1) is 0 Å². The average Bonchev–Trinajstić information content (AvgIpc) is 3.13. The van der Waals surface area contributed by atoms with Gasteiger partial charge in [0.05, 0.1) is 18.8 Å².